The van der Waals surface area contributed by atoms with E-state index in [1.807, 2.05) is 0 Å². The molecule has 17 heavy (non-hydrogen) atoms. The van der Waals surface area contributed by atoms with Crippen molar-refractivity contribution >= 4 is 17.9 Å². The van der Waals surface area contributed by atoms with Crippen molar-refractivity contribution in [3.63, 3.8) is 0 Å². The fraction of sp³-hybridized carbons (Fsp3) is 0.273. The first-order valence-electron chi connectivity index (χ1n) is 4.98. The van der Waals surface area contributed by atoms with Crippen LogP contribution >= 0.6 is 0 Å². The van der Waals surface area contributed by atoms with Gasteiger partial charge >= 0.3 is 5.97 Å². The van der Waals surface area contributed by atoms with E-state index in [2.05, 4.69) is 0 Å². The molecular weight excluding hydrogens is 226 g/mol. The molecule has 1 aromatic rings. The van der Waals surface area contributed by atoms with Crippen molar-refractivity contribution in [1.29, 1.82) is 0 Å². The number of benzene rings is 1. The Morgan fingerprint density at radius 2 is 2.24 bits per heavy atom. The number of hydrogen-bond acceptors (Lipinski definition) is 5. The lowest BCUT2D eigenvalue weighted by molar-refractivity contribution is -0.385. The maximum Gasteiger partial charge on any atom is 0.338 e. The molecular formula is C11H11NO5. The minimum absolute atomic E-state index is 0.0561. The summed E-state index contributed by atoms with van der Waals surface area (Å²) in [4.78, 5) is 31.9. The molecule has 1 aromatic carbocycles. The lowest BCUT2D eigenvalue weighted by Crippen LogP contribution is -2.06. The highest BCUT2D eigenvalue weighted by molar-refractivity contribution is 5.90. The lowest BCUT2D eigenvalue weighted by atomic mass is 10.1. The predicted molar refractivity (Wildman–Crippen MR) is 58.8 cm³/mol. The minimum atomic E-state index is -0.623. The Hall–Kier alpha value is -2.24. The first-order chi connectivity index (χ1) is 8.10. The zero-order chi connectivity index (χ0) is 12.8. The van der Waals surface area contributed by atoms with E-state index in [4.69, 9.17) is 4.74 Å². The van der Waals surface area contributed by atoms with Crippen LogP contribution in [0.2, 0.25) is 0 Å². The monoisotopic (exact) mass is 237 g/mol. The summed E-state index contributed by atoms with van der Waals surface area (Å²) in [6.45, 7) is 1.84. The second kappa shape index (κ2) is 5.74. The van der Waals surface area contributed by atoms with Crippen LogP contribution in [0.3, 0.4) is 0 Å². The Bertz CT molecular complexity index is 455. The van der Waals surface area contributed by atoms with E-state index in [9.17, 15) is 19.7 Å². The van der Waals surface area contributed by atoms with Crippen LogP contribution in [0.5, 0.6) is 0 Å². The summed E-state index contributed by atoms with van der Waals surface area (Å²) in [5, 5.41) is 10.8. The molecule has 0 aliphatic carbocycles. The van der Waals surface area contributed by atoms with Gasteiger partial charge in [0.15, 0.2) is 0 Å². The minimum Gasteiger partial charge on any atom is -0.462 e. The van der Waals surface area contributed by atoms with Gasteiger partial charge in [-0.2, -0.15) is 0 Å². The summed E-state index contributed by atoms with van der Waals surface area (Å²) in [5.41, 5.74) is 0.133. The first-order valence-corrected chi connectivity index (χ1v) is 4.98. The Balaban J connectivity index is 3.13. The normalized spacial score (nSPS) is 9.71. The molecule has 90 valence electrons. The molecule has 0 saturated carbocycles. The summed E-state index contributed by atoms with van der Waals surface area (Å²) >= 11 is 0. The number of carbonyl (C=O) groups is 2. The largest absolute Gasteiger partial charge is 0.462 e. The van der Waals surface area contributed by atoms with Crippen molar-refractivity contribution < 1.29 is 19.2 Å². The van der Waals surface area contributed by atoms with E-state index in [1.54, 1.807) is 6.92 Å². The highest BCUT2D eigenvalue weighted by atomic mass is 16.6. The van der Waals surface area contributed by atoms with E-state index >= 15 is 0 Å². The molecule has 6 nitrogen and oxygen atoms in total. The van der Waals surface area contributed by atoms with Gasteiger partial charge < -0.3 is 9.53 Å². The second-order valence-electron chi connectivity index (χ2n) is 3.19. The number of esters is 1. The van der Waals surface area contributed by atoms with Gasteiger partial charge in [-0.05, 0) is 13.0 Å². The number of carbonyl (C=O) groups excluding carboxylic acids is 2. The Morgan fingerprint density at radius 1 is 1.53 bits per heavy atom. The third kappa shape index (κ3) is 3.10. The topological polar surface area (TPSA) is 86.5 Å². The van der Waals surface area contributed by atoms with Crippen LogP contribution in [0.1, 0.15) is 22.8 Å². The zero-order valence-corrected chi connectivity index (χ0v) is 9.21. The smallest absolute Gasteiger partial charge is 0.338 e. The van der Waals surface area contributed by atoms with Crippen molar-refractivity contribution in [2.45, 2.75) is 13.3 Å². The van der Waals surface area contributed by atoms with Gasteiger partial charge in [0, 0.05) is 18.1 Å². The van der Waals surface area contributed by atoms with Crippen LogP contribution in [0, 0.1) is 10.1 Å². The lowest BCUT2D eigenvalue weighted by Gasteiger charge is -2.03. The van der Waals surface area contributed by atoms with Crippen LogP contribution in [0.15, 0.2) is 18.2 Å². The summed E-state index contributed by atoms with van der Waals surface area (Å²) < 4.78 is 4.73. The average Bonchev–Trinajstić information content (AvgIpc) is 2.30. The molecule has 0 aliphatic rings. The molecule has 0 saturated heterocycles. The molecule has 0 aliphatic heterocycles. The molecule has 0 spiro atoms. The van der Waals surface area contributed by atoms with Crippen molar-refractivity contribution in [3.8, 4) is 0 Å². The average molecular weight is 237 g/mol. The van der Waals surface area contributed by atoms with E-state index in [0.29, 0.717) is 6.29 Å². The maximum atomic E-state index is 11.4. The van der Waals surface area contributed by atoms with Gasteiger partial charge in [0.1, 0.15) is 6.29 Å². The number of rotatable bonds is 5. The SMILES string of the molecule is CCOC(=O)c1ccc(CC=O)c([N+](=O)[O-])c1. The summed E-state index contributed by atoms with van der Waals surface area (Å²) in [6, 6.07) is 3.92. The van der Waals surface area contributed by atoms with Gasteiger partial charge in [0.05, 0.1) is 17.1 Å². The Labute approximate surface area is 97.3 Å². The van der Waals surface area contributed by atoms with Crippen LogP contribution < -0.4 is 0 Å². The Kier molecular flexibility index (Phi) is 4.33. The molecule has 0 atom stereocenters. The molecule has 6 heteroatoms. The highest BCUT2D eigenvalue weighted by Gasteiger charge is 2.17. The van der Waals surface area contributed by atoms with Crippen LogP contribution in [-0.4, -0.2) is 23.8 Å². The first kappa shape index (κ1) is 12.8. The molecule has 0 bridgehead atoms. The van der Waals surface area contributed by atoms with Gasteiger partial charge in [-0.25, -0.2) is 4.79 Å². The number of ether oxygens (including phenoxy) is 1. The number of hydrogen-bond donors (Lipinski definition) is 0. The van der Waals surface area contributed by atoms with Gasteiger partial charge in [0.25, 0.3) is 5.69 Å². The third-order valence-corrected chi connectivity index (χ3v) is 2.10. The van der Waals surface area contributed by atoms with E-state index in [0.717, 1.165) is 6.07 Å². The van der Waals surface area contributed by atoms with E-state index in [-0.39, 0.29) is 29.8 Å². The predicted octanol–water partition coefficient (Wildman–Crippen LogP) is 1.51. The maximum absolute atomic E-state index is 11.4. The van der Waals surface area contributed by atoms with Gasteiger partial charge in [-0.15, -0.1) is 0 Å². The van der Waals surface area contributed by atoms with Gasteiger partial charge in [0.2, 0.25) is 0 Å². The number of nitro benzene ring substituents is 1. The summed E-state index contributed by atoms with van der Waals surface area (Å²) in [7, 11) is 0. The van der Waals surface area contributed by atoms with E-state index < -0.39 is 10.9 Å². The molecule has 0 heterocycles. The second-order valence-corrected chi connectivity index (χ2v) is 3.19. The van der Waals surface area contributed by atoms with Crippen molar-refractivity contribution in [3.05, 3.63) is 39.4 Å². The van der Waals surface area contributed by atoms with Crippen molar-refractivity contribution in [1.82, 2.24) is 0 Å². The van der Waals surface area contributed by atoms with E-state index in [1.165, 1.54) is 12.1 Å². The number of nitro groups is 1. The van der Waals surface area contributed by atoms with Gasteiger partial charge in [-0.1, -0.05) is 6.07 Å². The quantitative estimate of drug-likeness (QED) is 0.335. The van der Waals surface area contributed by atoms with Gasteiger partial charge in [-0.3, -0.25) is 10.1 Å². The van der Waals surface area contributed by atoms with Crippen LogP contribution in [0.25, 0.3) is 0 Å². The highest BCUT2D eigenvalue weighted by Crippen LogP contribution is 2.21. The van der Waals surface area contributed by atoms with Crippen LogP contribution in [-0.2, 0) is 16.0 Å². The molecule has 0 radical (unpaired) electrons. The standard InChI is InChI=1S/C11H11NO5/c1-2-17-11(14)9-4-3-8(5-6-13)10(7-9)12(15)16/h3-4,6-7H,2,5H2,1H3. The molecule has 0 aromatic heterocycles. The number of nitrogens with zero attached hydrogens (tertiary/aromatic N) is 1. The molecule has 0 fully saturated rings. The molecule has 0 N–H and O–H groups in total. The van der Waals surface area contributed by atoms with Crippen molar-refractivity contribution in [2.24, 2.45) is 0 Å². The third-order valence-electron chi connectivity index (χ3n) is 2.10. The zero-order valence-electron chi connectivity index (χ0n) is 9.21. The fourth-order valence-corrected chi connectivity index (χ4v) is 1.34. The molecule has 1 rings (SSSR count). The Morgan fingerprint density at radius 3 is 2.76 bits per heavy atom. The summed E-state index contributed by atoms with van der Waals surface area (Å²) in [5.74, 6) is -0.617. The molecule has 0 unspecified atom stereocenters. The van der Waals surface area contributed by atoms with Crippen molar-refractivity contribution in [2.75, 3.05) is 6.61 Å². The number of aldehydes is 1. The van der Waals surface area contributed by atoms with Crippen LogP contribution in [0.4, 0.5) is 5.69 Å². The molecule has 0 amide bonds. The fourth-order valence-electron chi connectivity index (χ4n) is 1.34. The summed E-state index contributed by atoms with van der Waals surface area (Å²) in [6.07, 6.45) is 0.520.